The van der Waals surface area contributed by atoms with Crippen LogP contribution in [0.5, 0.6) is 0 Å². The molecule has 1 heteroatoms. The maximum absolute atomic E-state index is 11.1. The highest BCUT2D eigenvalue weighted by Crippen LogP contribution is 2.43. The van der Waals surface area contributed by atoms with Gasteiger partial charge in [0.2, 0.25) is 0 Å². The fourth-order valence-corrected chi connectivity index (χ4v) is 2.87. The number of rotatable bonds is 2. The normalized spacial score (nSPS) is 21.8. The van der Waals surface area contributed by atoms with Crippen LogP contribution in [-0.2, 0) is 4.79 Å². The van der Waals surface area contributed by atoms with Crippen molar-refractivity contribution in [3.63, 3.8) is 0 Å². The predicted octanol–water partition coefficient (Wildman–Crippen LogP) is 4.05. The molecule has 0 aromatic heterocycles. The summed E-state index contributed by atoms with van der Waals surface area (Å²) < 4.78 is 0. The first-order valence-corrected chi connectivity index (χ1v) is 5.74. The summed E-state index contributed by atoms with van der Waals surface area (Å²) >= 11 is 0. The number of ketones is 1. The van der Waals surface area contributed by atoms with Crippen LogP contribution >= 0.6 is 0 Å². The van der Waals surface area contributed by atoms with E-state index in [0.717, 1.165) is 5.57 Å². The van der Waals surface area contributed by atoms with Gasteiger partial charge in [-0.25, -0.2) is 0 Å². The smallest absolute Gasteiger partial charge is 0.152 e. The molecule has 0 aliphatic heterocycles. The summed E-state index contributed by atoms with van der Waals surface area (Å²) in [6.07, 6.45) is 5.45. The van der Waals surface area contributed by atoms with Gasteiger partial charge >= 0.3 is 0 Å². The zero-order valence-electron chi connectivity index (χ0n) is 10.6. The third kappa shape index (κ3) is 2.80. The number of carbonyl (C=O) groups excluding carboxylic acids is 1. The Bertz CT molecular complexity index is 329. The molecule has 0 amide bonds. The van der Waals surface area contributed by atoms with Gasteiger partial charge in [0.25, 0.3) is 0 Å². The molecule has 0 saturated heterocycles. The van der Waals surface area contributed by atoms with E-state index in [1.807, 2.05) is 0 Å². The van der Waals surface area contributed by atoms with Crippen LogP contribution in [-0.4, -0.2) is 5.78 Å². The Balaban J connectivity index is 3.14. The fraction of sp³-hybridized carbons (Fsp3) is 0.643. The van der Waals surface area contributed by atoms with Crippen molar-refractivity contribution in [3.8, 4) is 0 Å². The molecule has 1 rings (SSSR count). The zero-order valence-corrected chi connectivity index (χ0v) is 10.6. The molecule has 0 fully saturated rings. The highest BCUT2D eigenvalue weighted by molar-refractivity contribution is 5.88. The average molecular weight is 206 g/mol. The van der Waals surface area contributed by atoms with E-state index >= 15 is 0 Å². The van der Waals surface area contributed by atoms with Gasteiger partial charge in [0.1, 0.15) is 0 Å². The van der Waals surface area contributed by atoms with E-state index in [1.54, 1.807) is 13.0 Å². The highest BCUT2D eigenvalue weighted by atomic mass is 16.1. The van der Waals surface area contributed by atoms with E-state index in [0.29, 0.717) is 0 Å². The topological polar surface area (TPSA) is 17.1 Å². The monoisotopic (exact) mass is 206 g/mol. The van der Waals surface area contributed by atoms with E-state index < -0.39 is 0 Å². The third-order valence-electron chi connectivity index (χ3n) is 3.27. The molecule has 0 radical (unpaired) electrons. The van der Waals surface area contributed by atoms with Crippen LogP contribution in [0.25, 0.3) is 0 Å². The van der Waals surface area contributed by atoms with E-state index in [1.165, 1.54) is 30.4 Å². The molecule has 0 heterocycles. The molecule has 0 aromatic rings. The van der Waals surface area contributed by atoms with Crippen LogP contribution in [0.15, 0.2) is 22.8 Å². The second kappa shape index (κ2) is 4.34. The lowest BCUT2D eigenvalue weighted by molar-refractivity contribution is -0.112. The molecular formula is C14H22O. The Kier molecular flexibility index (Phi) is 3.54. The standard InChI is InChI=1S/C14H22O/c1-10-7-6-8-14(4,5)13(10)11(2)9-12(3)15/h9H,6-8H2,1-5H3/b11-9+. The highest BCUT2D eigenvalue weighted by Gasteiger charge is 2.29. The van der Waals surface area contributed by atoms with Crippen molar-refractivity contribution in [1.82, 2.24) is 0 Å². The van der Waals surface area contributed by atoms with Gasteiger partial charge in [0.15, 0.2) is 5.78 Å². The Labute approximate surface area is 93.3 Å². The Morgan fingerprint density at radius 3 is 2.40 bits per heavy atom. The predicted molar refractivity (Wildman–Crippen MR) is 64.8 cm³/mol. The largest absolute Gasteiger partial charge is 0.295 e. The van der Waals surface area contributed by atoms with E-state index in [-0.39, 0.29) is 11.2 Å². The summed E-state index contributed by atoms with van der Waals surface area (Å²) in [5.41, 5.74) is 4.26. The van der Waals surface area contributed by atoms with E-state index in [9.17, 15) is 4.79 Å². The van der Waals surface area contributed by atoms with Crippen molar-refractivity contribution in [2.45, 2.75) is 53.9 Å². The molecule has 0 atom stereocenters. The lowest BCUT2D eigenvalue weighted by Gasteiger charge is -2.35. The summed E-state index contributed by atoms with van der Waals surface area (Å²) in [5.74, 6) is 0.147. The molecule has 0 bridgehead atoms. The molecule has 0 saturated carbocycles. The van der Waals surface area contributed by atoms with Crippen LogP contribution < -0.4 is 0 Å². The van der Waals surface area contributed by atoms with Gasteiger partial charge in [-0.15, -0.1) is 0 Å². The van der Waals surface area contributed by atoms with Crippen LogP contribution in [0.1, 0.15) is 53.9 Å². The van der Waals surface area contributed by atoms with Gasteiger partial charge in [0.05, 0.1) is 0 Å². The molecule has 15 heavy (non-hydrogen) atoms. The van der Waals surface area contributed by atoms with Crippen LogP contribution in [0.4, 0.5) is 0 Å². The summed E-state index contributed by atoms with van der Waals surface area (Å²) in [6, 6.07) is 0. The van der Waals surface area contributed by atoms with Crippen molar-refractivity contribution >= 4 is 5.78 Å². The molecular weight excluding hydrogens is 184 g/mol. The minimum absolute atomic E-state index is 0.147. The van der Waals surface area contributed by atoms with Crippen molar-refractivity contribution in [1.29, 1.82) is 0 Å². The Hall–Kier alpha value is -0.850. The number of allylic oxidation sites excluding steroid dienone is 4. The summed E-state index contributed by atoms with van der Waals surface area (Å²) in [7, 11) is 0. The summed E-state index contributed by atoms with van der Waals surface area (Å²) in [4.78, 5) is 11.1. The summed E-state index contributed by atoms with van der Waals surface area (Å²) in [5, 5.41) is 0. The van der Waals surface area contributed by atoms with Crippen molar-refractivity contribution in [2.75, 3.05) is 0 Å². The van der Waals surface area contributed by atoms with Gasteiger partial charge in [-0.05, 0) is 62.7 Å². The van der Waals surface area contributed by atoms with Crippen molar-refractivity contribution in [2.24, 2.45) is 5.41 Å². The van der Waals surface area contributed by atoms with Crippen LogP contribution in [0.2, 0.25) is 0 Å². The lowest BCUT2D eigenvalue weighted by Crippen LogP contribution is -2.21. The van der Waals surface area contributed by atoms with Crippen LogP contribution in [0.3, 0.4) is 0 Å². The van der Waals surface area contributed by atoms with Crippen molar-refractivity contribution in [3.05, 3.63) is 22.8 Å². The summed E-state index contributed by atoms with van der Waals surface area (Å²) in [6.45, 7) is 10.4. The quantitative estimate of drug-likeness (QED) is 0.623. The SMILES string of the molecule is CC(=O)/C=C(\C)C1=C(C)CCCC1(C)C. The maximum Gasteiger partial charge on any atom is 0.152 e. The molecule has 0 N–H and O–H groups in total. The van der Waals surface area contributed by atoms with Crippen molar-refractivity contribution < 1.29 is 4.79 Å². The fourth-order valence-electron chi connectivity index (χ4n) is 2.87. The minimum Gasteiger partial charge on any atom is -0.295 e. The number of hydrogen-bond donors (Lipinski definition) is 0. The van der Waals surface area contributed by atoms with Gasteiger partial charge < -0.3 is 0 Å². The molecule has 1 nitrogen and oxygen atoms in total. The first-order valence-electron chi connectivity index (χ1n) is 5.74. The van der Waals surface area contributed by atoms with Crippen LogP contribution in [0, 0.1) is 5.41 Å². The van der Waals surface area contributed by atoms with Gasteiger partial charge in [0, 0.05) is 0 Å². The van der Waals surface area contributed by atoms with E-state index in [4.69, 9.17) is 0 Å². The van der Waals surface area contributed by atoms with Gasteiger partial charge in [-0.1, -0.05) is 19.4 Å². The Morgan fingerprint density at radius 2 is 1.93 bits per heavy atom. The molecule has 1 aliphatic carbocycles. The van der Waals surface area contributed by atoms with Gasteiger partial charge in [-0.2, -0.15) is 0 Å². The minimum atomic E-state index is 0.147. The second-order valence-electron chi connectivity index (χ2n) is 5.33. The number of carbonyl (C=O) groups is 1. The van der Waals surface area contributed by atoms with E-state index in [2.05, 4.69) is 27.7 Å². The molecule has 1 aliphatic rings. The molecule has 84 valence electrons. The molecule has 0 unspecified atom stereocenters. The third-order valence-corrected chi connectivity index (χ3v) is 3.27. The zero-order chi connectivity index (χ0) is 11.6. The first kappa shape index (κ1) is 12.2. The maximum atomic E-state index is 11.1. The number of hydrogen-bond acceptors (Lipinski definition) is 1. The Morgan fingerprint density at radius 1 is 1.33 bits per heavy atom. The second-order valence-corrected chi connectivity index (χ2v) is 5.33. The average Bonchev–Trinajstić information content (AvgIpc) is 1.99. The first-order chi connectivity index (χ1) is 6.84. The molecule has 0 spiro atoms. The lowest BCUT2D eigenvalue weighted by atomic mass is 9.70. The van der Waals surface area contributed by atoms with Gasteiger partial charge in [-0.3, -0.25) is 4.79 Å². The molecule has 0 aromatic carbocycles.